The molecule has 0 aromatic carbocycles. The molecule has 0 unspecified atom stereocenters. The third-order valence-corrected chi connectivity index (χ3v) is 8.98. The first-order chi connectivity index (χ1) is 13.0. The largest absolute Gasteiger partial charge is 0.298 e. The SMILES string of the molecule is CCN1CCc2nc(NC(=O)c3sccc3S(=O)(=O)N3CCCC3)sc2C1. The molecule has 0 spiro atoms. The summed E-state index contributed by atoms with van der Waals surface area (Å²) < 4.78 is 27.1. The van der Waals surface area contributed by atoms with Crippen LogP contribution in [0, 0.1) is 0 Å². The number of carbonyl (C=O) groups excluding carboxylic acids is 1. The average Bonchev–Trinajstić information content (AvgIpc) is 3.39. The number of rotatable bonds is 5. The number of aromatic nitrogens is 1. The van der Waals surface area contributed by atoms with Gasteiger partial charge in [-0.1, -0.05) is 6.92 Å². The molecule has 0 saturated carbocycles. The molecule has 4 rings (SSSR count). The molecule has 0 radical (unpaired) electrons. The molecule has 7 nitrogen and oxygen atoms in total. The van der Waals surface area contributed by atoms with Gasteiger partial charge in [-0.2, -0.15) is 4.31 Å². The second kappa shape index (κ2) is 7.59. The average molecular weight is 427 g/mol. The number of likely N-dealkylation sites (N-methyl/N-ethyl adjacent to an activating group) is 1. The first-order valence-electron chi connectivity index (χ1n) is 9.09. The molecular weight excluding hydrogens is 404 g/mol. The summed E-state index contributed by atoms with van der Waals surface area (Å²) in [6.07, 6.45) is 2.61. The Balaban J connectivity index is 1.54. The Bertz CT molecular complexity index is 945. The van der Waals surface area contributed by atoms with Crippen LogP contribution < -0.4 is 5.32 Å². The fraction of sp³-hybridized carbons (Fsp3) is 0.529. The van der Waals surface area contributed by atoms with Crippen LogP contribution in [0.3, 0.4) is 0 Å². The van der Waals surface area contributed by atoms with Crippen molar-refractivity contribution < 1.29 is 13.2 Å². The topological polar surface area (TPSA) is 82.6 Å². The van der Waals surface area contributed by atoms with Crippen molar-refractivity contribution in [1.82, 2.24) is 14.2 Å². The van der Waals surface area contributed by atoms with Gasteiger partial charge in [0.1, 0.15) is 9.77 Å². The highest BCUT2D eigenvalue weighted by Gasteiger charge is 2.32. The molecule has 2 aromatic heterocycles. The lowest BCUT2D eigenvalue weighted by atomic mass is 10.2. The summed E-state index contributed by atoms with van der Waals surface area (Å²) in [6, 6.07) is 1.53. The van der Waals surface area contributed by atoms with Gasteiger partial charge in [0.15, 0.2) is 5.13 Å². The molecule has 1 saturated heterocycles. The van der Waals surface area contributed by atoms with E-state index in [1.54, 1.807) is 5.38 Å². The monoisotopic (exact) mass is 426 g/mol. The Labute approximate surface area is 167 Å². The molecule has 27 heavy (non-hydrogen) atoms. The van der Waals surface area contributed by atoms with Gasteiger partial charge in [-0.3, -0.25) is 15.0 Å². The Morgan fingerprint density at radius 3 is 2.81 bits per heavy atom. The molecule has 146 valence electrons. The molecule has 4 heterocycles. The lowest BCUT2D eigenvalue weighted by molar-refractivity contribution is 0.102. The molecule has 1 fully saturated rings. The highest BCUT2D eigenvalue weighted by Crippen LogP contribution is 2.31. The van der Waals surface area contributed by atoms with Crippen LogP contribution in [0.15, 0.2) is 16.3 Å². The van der Waals surface area contributed by atoms with Crippen LogP contribution >= 0.6 is 22.7 Å². The van der Waals surface area contributed by atoms with Crippen LogP contribution in [0.4, 0.5) is 5.13 Å². The number of thiazole rings is 1. The number of anilines is 1. The van der Waals surface area contributed by atoms with Crippen molar-refractivity contribution in [1.29, 1.82) is 0 Å². The fourth-order valence-corrected chi connectivity index (χ4v) is 7.32. The van der Waals surface area contributed by atoms with Gasteiger partial charge in [0.2, 0.25) is 10.0 Å². The van der Waals surface area contributed by atoms with E-state index in [4.69, 9.17) is 0 Å². The number of amides is 1. The third-order valence-electron chi connectivity index (χ3n) is 5.00. The third kappa shape index (κ3) is 3.68. The number of hydrogen-bond donors (Lipinski definition) is 1. The predicted octanol–water partition coefficient (Wildman–Crippen LogP) is 2.62. The van der Waals surface area contributed by atoms with E-state index in [-0.39, 0.29) is 9.77 Å². The van der Waals surface area contributed by atoms with Crippen molar-refractivity contribution in [3.8, 4) is 0 Å². The minimum Gasteiger partial charge on any atom is -0.298 e. The van der Waals surface area contributed by atoms with E-state index in [1.807, 2.05) is 0 Å². The van der Waals surface area contributed by atoms with Crippen LogP contribution in [-0.4, -0.2) is 54.7 Å². The highest BCUT2D eigenvalue weighted by molar-refractivity contribution is 7.89. The van der Waals surface area contributed by atoms with Crippen LogP contribution in [-0.2, 0) is 23.0 Å². The van der Waals surface area contributed by atoms with Crippen LogP contribution in [0.1, 0.15) is 40.0 Å². The maximum atomic E-state index is 12.8. The molecule has 0 bridgehead atoms. The number of thiophene rings is 1. The van der Waals surface area contributed by atoms with E-state index >= 15 is 0 Å². The first-order valence-corrected chi connectivity index (χ1v) is 12.2. The van der Waals surface area contributed by atoms with Gasteiger partial charge >= 0.3 is 0 Å². The van der Waals surface area contributed by atoms with Crippen molar-refractivity contribution in [2.75, 3.05) is 31.5 Å². The number of nitrogens with zero attached hydrogens (tertiary/aromatic N) is 3. The van der Waals surface area contributed by atoms with Gasteiger partial charge in [-0.15, -0.1) is 22.7 Å². The van der Waals surface area contributed by atoms with E-state index in [1.165, 1.54) is 26.6 Å². The molecule has 0 atom stereocenters. The summed E-state index contributed by atoms with van der Waals surface area (Å²) in [7, 11) is -3.62. The maximum Gasteiger partial charge on any atom is 0.268 e. The lowest BCUT2D eigenvalue weighted by Crippen LogP contribution is -2.29. The zero-order valence-corrected chi connectivity index (χ0v) is 17.6. The van der Waals surface area contributed by atoms with Crippen LogP contribution in [0.2, 0.25) is 0 Å². The van der Waals surface area contributed by atoms with Gasteiger partial charge in [0, 0.05) is 37.5 Å². The minimum absolute atomic E-state index is 0.102. The number of carbonyl (C=O) groups is 1. The summed E-state index contributed by atoms with van der Waals surface area (Å²) in [5.41, 5.74) is 1.04. The van der Waals surface area contributed by atoms with Gasteiger partial charge in [0.25, 0.3) is 5.91 Å². The van der Waals surface area contributed by atoms with Crippen LogP contribution in [0.25, 0.3) is 0 Å². The van der Waals surface area contributed by atoms with E-state index in [0.717, 1.165) is 55.9 Å². The Morgan fingerprint density at radius 1 is 1.30 bits per heavy atom. The first kappa shape index (κ1) is 19.0. The molecule has 2 aromatic rings. The Hall–Kier alpha value is -1.33. The normalized spacial score (nSPS) is 18.6. The summed E-state index contributed by atoms with van der Waals surface area (Å²) in [4.78, 5) is 21.2. The highest BCUT2D eigenvalue weighted by atomic mass is 32.2. The smallest absolute Gasteiger partial charge is 0.268 e. The molecule has 2 aliphatic heterocycles. The molecule has 1 amide bonds. The number of fused-ring (bicyclic) bond motifs is 1. The summed E-state index contributed by atoms with van der Waals surface area (Å²) in [5.74, 6) is -0.402. The van der Waals surface area contributed by atoms with Crippen molar-refractivity contribution >= 4 is 43.7 Å². The van der Waals surface area contributed by atoms with E-state index in [2.05, 4.69) is 22.1 Å². The molecular formula is C17H22N4O3S3. The molecule has 10 heteroatoms. The number of hydrogen-bond acceptors (Lipinski definition) is 7. The fourth-order valence-electron chi connectivity index (χ4n) is 3.46. The van der Waals surface area contributed by atoms with Gasteiger partial charge < -0.3 is 0 Å². The number of nitrogens with one attached hydrogen (secondary N) is 1. The second-order valence-corrected chi connectivity index (χ2v) is 10.6. The lowest BCUT2D eigenvalue weighted by Gasteiger charge is -2.23. The Morgan fingerprint density at radius 2 is 2.07 bits per heavy atom. The summed E-state index contributed by atoms with van der Waals surface area (Å²) in [6.45, 7) is 6.00. The van der Waals surface area contributed by atoms with Crippen molar-refractivity contribution in [2.45, 2.75) is 37.6 Å². The Kier molecular flexibility index (Phi) is 5.34. The minimum atomic E-state index is -3.62. The summed E-state index contributed by atoms with van der Waals surface area (Å²) >= 11 is 2.63. The molecule has 1 N–H and O–H groups in total. The van der Waals surface area contributed by atoms with Gasteiger partial charge in [0.05, 0.1) is 5.69 Å². The summed E-state index contributed by atoms with van der Waals surface area (Å²) in [5, 5.41) is 5.01. The van der Waals surface area contributed by atoms with Crippen LogP contribution in [0.5, 0.6) is 0 Å². The number of sulfonamides is 1. The standard InChI is InChI=1S/C17H22N4O3S3/c1-2-20-9-5-12-13(11-20)26-17(18-12)19-16(22)15-14(6-10-25-15)27(23,24)21-7-3-4-8-21/h6,10H,2-5,7-9,11H2,1H3,(H,18,19,22). The van der Waals surface area contributed by atoms with E-state index in [0.29, 0.717) is 18.2 Å². The van der Waals surface area contributed by atoms with Gasteiger partial charge in [-0.25, -0.2) is 13.4 Å². The van der Waals surface area contributed by atoms with E-state index < -0.39 is 15.9 Å². The quantitative estimate of drug-likeness (QED) is 0.795. The zero-order valence-electron chi connectivity index (χ0n) is 15.1. The maximum absolute atomic E-state index is 12.8. The van der Waals surface area contributed by atoms with Gasteiger partial charge in [-0.05, 0) is 30.8 Å². The van der Waals surface area contributed by atoms with Crippen molar-refractivity contribution in [2.24, 2.45) is 0 Å². The van der Waals surface area contributed by atoms with E-state index in [9.17, 15) is 13.2 Å². The van der Waals surface area contributed by atoms with Crippen molar-refractivity contribution in [3.05, 3.63) is 26.9 Å². The zero-order chi connectivity index (χ0) is 19.0. The predicted molar refractivity (Wildman–Crippen MR) is 107 cm³/mol. The second-order valence-electron chi connectivity index (χ2n) is 6.69. The molecule has 0 aliphatic carbocycles. The van der Waals surface area contributed by atoms with Crippen molar-refractivity contribution in [3.63, 3.8) is 0 Å². The molecule has 2 aliphatic rings.